The van der Waals surface area contributed by atoms with E-state index in [1.807, 2.05) is 42.5 Å². The van der Waals surface area contributed by atoms with E-state index in [1.54, 1.807) is 26.0 Å². The van der Waals surface area contributed by atoms with E-state index in [1.165, 1.54) is 29.6 Å². The number of pyridine rings is 1. The van der Waals surface area contributed by atoms with E-state index in [9.17, 15) is 18.0 Å². The maximum atomic E-state index is 13.5. The topological polar surface area (TPSA) is 79.1 Å². The van der Waals surface area contributed by atoms with E-state index >= 15 is 0 Å². The van der Waals surface area contributed by atoms with Crippen molar-refractivity contribution in [1.82, 2.24) is 19.7 Å². The lowest BCUT2D eigenvalue weighted by Crippen LogP contribution is -2.40. The fourth-order valence-electron chi connectivity index (χ4n) is 3.43. The van der Waals surface area contributed by atoms with Crippen molar-refractivity contribution in [3.05, 3.63) is 91.1 Å². The van der Waals surface area contributed by atoms with Crippen LogP contribution in [0.3, 0.4) is 0 Å². The Bertz CT molecular complexity index is 1290. The van der Waals surface area contributed by atoms with Crippen molar-refractivity contribution >= 4 is 5.78 Å². The average molecular weight is 496 g/mol. The van der Waals surface area contributed by atoms with Gasteiger partial charge in [0.05, 0.1) is 5.41 Å². The van der Waals surface area contributed by atoms with E-state index in [-0.39, 0.29) is 6.61 Å². The predicted molar refractivity (Wildman–Crippen MR) is 125 cm³/mol. The first kappa shape index (κ1) is 24.9. The highest BCUT2D eigenvalue weighted by Crippen LogP contribution is 2.36. The highest BCUT2D eigenvalue weighted by molar-refractivity contribution is 5.87. The Kier molecular flexibility index (Phi) is 7.05. The summed E-state index contributed by atoms with van der Waals surface area (Å²) in [6.07, 6.45) is -2.08. The van der Waals surface area contributed by atoms with Gasteiger partial charge in [-0.05, 0) is 49.2 Å². The smallest absolute Gasteiger partial charge is 0.421 e. The largest absolute Gasteiger partial charge is 0.476 e. The number of aromatic nitrogens is 4. The van der Waals surface area contributed by atoms with Gasteiger partial charge in [0.1, 0.15) is 30.6 Å². The molecule has 10 heteroatoms. The second-order valence-electron chi connectivity index (χ2n) is 8.63. The van der Waals surface area contributed by atoms with Crippen molar-refractivity contribution in [2.24, 2.45) is 5.41 Å². The van der Waals surface area contributed by atoms with Crippen LogP contribution in [0.1, 0.15) is 25.6 Å². The number of carbonyl (C=O) groups is 1. The van der Waals surface area contributed by atoms with Gasteiger partial charge in [0.15, 0.2) is 0 Å². The minimum Gasteiger partial charge on any atom is -0.476 e. The molecule has 0 bridgehead atoms. The van der Waals surface area contributed by atoms with Crippen LogP contribution in [0.15, 0.2) is 85.6 Å². The van der Waals surface area contributed by atoms with Crippen LogP contribution in [0, 0.1) is 5.41 Å². The Morgan fingerprint density at radius 3 is 2.31 bits per heavy atom. The second-order valence-corrected chi connectivity index (χ2v) is 8.63. The van der Waals surface area contributed by atoms with Gasteiger partial charge >= 0.3 is 6.18 Å². The van der Waals surface area contributed by atoms with Crippen LogP contribution in [-0.4, -0.2) is 32.1 Å². The molecule has 0 radical (unpaired) electrons. The van der Waals surface area contributed by atoms with Gasteiger partial charge in [-0.1, -0.05) is 42.5 Å². The number of hydrogen-bond donors (Lipinski definition) is 0. The fourth-order valence-corrected chi connectivity index (χ4v) is 3.43. The van der Waals surface area contributed by atoms with Gasteiger partial charge in [-0.15, -0.1) is 0 Å². The van der Waals surface area contributed by atoms with Crippen LogP contribution in [0.25, 0.3) is 11.1 Å². The minimum atomic E-state index is -4.64. The van der Waals surface area contributed by atoms with Crippen molar-refractivity contribution in [1.29, 1.82) is 0 Å². The molecular weight excluding hydrogens is 473 g/mol. The number of alkyl halides is 3. The molecule has 1 unspecified atom stereocenters. The minimum absolute atomic E-state index is 0.368. The van der Waals surface area contributed by atoms with Crippen LogP contribution >= 0.6 is 0 Å². The molecule has 0 spiro atoms. The molecule has 0 aliphatic rings. The first-order chi connectivity index (χ1) is 17.1. The molecule has 0 N–H and O–H groups in total. The van der Waals surface area contributed by atoms with Gasteiger partial charge in [-0.3, -0.25) is 4.79 Å². The summed E-state index contributed by atoms with van der Waals surface area (Å²) < 4.78 is 52.5. The van der Waals surface area contributed by atoms with Gasteiger partial charge in [-0.25, -0.2) is 14.6 Å². The molecule has 2 aromatic carbocycles. The summed E-state index contributed by atoms with van der Waals surface area (Å²) in [5.74, 6) is -0.658. The van der Waals surface area contributed by atoms with E-state index in [0.717, 1.165) is 17.2 Å². The summed E-state index contributed by atoms with van der Waals surface area (Å²) >= 11 is 0. The molecular formula is C26H23F3N4O3. The molecule has 186 valence electrons. The van der Waals surface area contributed by atoms with Crippen LogP contribution in [0.2, 0.25) is 0 Å². The quantitative estimate of drug-likeness (QED) is 0.300. The van der Waals surface area contributed by atoms with E-state index < -0.39 is 35.0 Å². The lowest BCUT2D eigenvalue weighted by Gasteiger charge is -2.28. The Hall–Kier alpha value is -4.21. The second kappa shape index (κ2) is 10.2. The molecule has 0 saturated heterocycles. The molecule has 1 atom stereocenters. The molecule has 7 nitrogen and oxygen atoms in total. The number of ketones is 1. The van der Waals surface area contributed by atoms with Crippen molar-refractivity contribution in [2.75, 3.05) is 6.61 Å². The third-order valence-electron chi connectivity index (χ3n) is 5.42. The molecule has 0 aliphatic heterocycles. The molecule has 0 saturated carbocycles. The molecule has 36 heavy (non-hydrogen) atoms. The highest BCUT2D eigenvalue weighted by atomic mass is 19.4. The number of rotatable bonds is 9. The van der Waals surface area contributed by atoms with Crippen LogP contribution < -0.4 is 9.47 Å². The Morgan fingerprint density at radius 2 is 1.67 bits per heavy atom. The number of nitrogens with zero attached hydrogens (tertiary/aromatic N) is 4. The highest BCUT2D eigenvalue weighted by Gasteiger charge is 2.40. The molecule has 0 amide bonds. The first-order valence-electron chi connectivity index (χ1n) is 11.0. The summed E-state index contributed by atoms with van der Waals surface area (Å²) in [5.41, 5.74) is -0.285. The third kappa shape index (κ3) is 5.70. The summed E-state index contributed by atoms with van der Waals surface area (Å²) in [4.78, 5) is 21.1. The average Bonchev–Trinajstić information content (AvgIpc) is 3.41. The van der Waals surface area contributed by atoms with Gasteiger partial charge in [0.2, 0.25) is 11.7 Å². The lowest BCUT2D eigenvalue weighted by atomic mass is 9.88. The Morgan fingerprint density at radius 1 is 0.972 bits per heavy atom. The van der Waals surface area contributed by atoms with Crippen LogP contribution in [-0.2, 0) is 11.0 Å². The van der Waals surface area contributed by atoms with E-state index in [2.05, 4.69) is 15.1 Å². The number of Topliss-reactive ketones (excluding diaryl/α,β-unsaturated/α-hetero) is 1. The Balaban J connectivity index is 1.53. The zero-order valence-corrected chi connectivity index (χ0v) is 19.5. The number of carbonyl (C=O) groups excluding carboxylic acids is 1. The van der Waals surface area contributed by atoms with Gasteiger partial charge in [0, 0.05) is 6.20 Å². The third-order valence-corrected chi connectivity index (χ3v) is 5.42. The SMILES string of the molecule is CC(C)(COc1ncccc1C(F)(F)F)C(=O)C(Oc1ccc(-c2ccccc2)cc1)n1cncn1. The van der Waals surface area contributed by atoms with Crippen LogP contribution in [0.5, 0.6) is 11.6 Å². The lowest BCUT2D eigenvalue weighted by molar-refractivity contribution is -0.142. The number of ether oxygens (including phenoxy) is 2. The zero-order valence-electron chi connectivity index (χ0n) is 19.5. The van der Waals surface area contributed by atoms with Crippen LogP contribution in [0.4, 0.5) is 13.2 Å². The Labute approximate surface area is 205 Å². The molecule has 4 rings (SSSR count). The van der Waals surface area contributed by atoms with Crippen molar-refractivity contribution in [3.63, 3.8) is 0 Å². The van der Waals surface area contributed by atoms with Gasteiger partial charge < -0.3 is 9.47 Å². The molecule has 2 aromatic heterocycles. The fraction of sp³-hybridized carbons (Fsp3) is 0.231. The summed E-state index contributed by atoms with van der Waals surface area (Å²) in [6.45, 7) is 2.74. The monoisotopic (exact) mass is 496 g/mol. The summed E-state index contributed by atoms with van der Waals surface area (Å²) in [7, 11) is 0. The maximum absolute atomic E-state index is 13.5. The summed E-state index contributed by atoms with van der Waals surface area (Å²) in [6, 6.07) is 19.0. The molecule has 2 heterocycles. The molecule has 0 aliphatic carbocycles. The predicted octanol–water partition coefficient (Wildman–Crippen LogP) is 5.61. The van der Waals surface area contributed by atoms with Crippen molar-refractivity contribution < 1.29 is 27.4 Å². The van der Waals surface area contributed by atoms with Gasteiger partial charge in [-0.2, -0.15) is 18.3 Å². The van der Waals surface area contributed by atoms with Crippen molar-refractivity contribution in [2.45, 2.75) is 26.3 Å². The van der Waals surface area contributed by atoms with E-state index in [4.69, 9.17) is 9.47 Å². The summed E-state index contributed by atoms with van der Waals surface area (Å²) in [5, 5.41) is 4.03. The van der Waals surface area contributed by atoms with E-state index in [0.29, 0.717) is 5.75 Å². The number of hydrogen-bond acceptors (Lipinski definition) is 6. The standard InChI is InChI=1S/C26H23F3N4O3/c1-25(2,15-35-23-21(26(27,28)29)9-6-14-31-23)22(34)24(33-17-30-16-32-33)36-20-12-10-19(11-13-20)18-7-4-3-5-8-18/h3-14,16-17,24H,15H2,1-2H3. The normalized spacial score (nSPS) is 12.7. The first-order valence-corrected chi connectivity index (χ1v) is 11.0. The number of halogens is 3. The van der Waals surface area contributed by atoms with Crippen molar-refractivity contribution in [3.8, 4) is 22.8 Å². The number of benzene rings is 2. The maximum Gasteiger partial charge on any atom is 0.421 e. The molecule has 4 aromatic rings. The molecule has 0 fully saturated rings. The zero-order chi connectivity index (χ0) is 25.8. The van der Waals surface area contributed by atoms with Gasteiger partial charge in [0.25, 0.3) is 6.23 Å².